The summed E-state index contributed by atoms with van der Waals surface area (Å²) in [6.07, 6.45) is 0.544. The van der Waals surface area contributed by atoms with Crippen LogP contribution in [0.1, 0.15) is 27.2 Å². The molecule has 1 aliphatic rings. The number of carbonyl (C=O) groups is 1. The summed E-state index contributed by atoms with van der Waals surface area (Å²) in [4.78, 5) is 11.6. The molecular formula is C9H17NO3. The van der Waals surface area contributed by atoms with Crippen molar-refractivity contribution in [3.8, 4) is 0 Å². The van der Waals surface area contributed by atoms with Crippen molar-refractivity contribution in [2.24, 2.45) is 5.73 Å². The molecule has 76 valence electrons. The molecule has 1 aliphatic heterocycles. The highest BCUT2D eigenvalue weighted by Crippen LogP contribution is 2.20. The van der Waals surface area contributed by atoms with Gasteiger partial charge in [0.15, 0.2) is 0 Å². The average molecular weight is 187 g/mol. The highest BCUT2D eigenvalue weighted by Gasteiger charge is 2.41. The van der Waals surface area contributed by atoms with Crippen LogP contribution < -0.4 is 5.73 Å². The standard InChI is InChI=1S/C9H17NO3/c1-8(2,3)13-7(11)9(10)4-5-12-6-9/h4-6,10H2,1-3H3/t9-/m1/s1. The van der Waals surface area contributed by atoms with E-state index in [1.54, 1.807) is 0 Å². The second-order valence-electron chi connectivity index (χ2n) is 4.46. The lowest BCUT2D eigenvalue weighted by Gasteiger charge is -2.26. The maximum Gasteiger partial charge on any atom is 0.329 e. The third-order valence-electron chi connectivity index (χ3n) is 1.86. The first-order chi connectivity index (χ1) is 5.83. The van der Waals surface area contributed by atoms with E-state index < -0.39 is 11.1 Å². The van der Waals surface area contributed by atoms with E-state index in [1.165, 1.54) is 0 Å². The third-order valence-corrected chi connectivity index (χ3v) is 1.86. The normalized spacial score (nSPS) is 28.9. The van der Waals surface area contributed by atoms with Gasteiger partial charge >= 0.3 is 5.97 Å². The van der Waals surface area contributed by atoms with Gasteiger partial charge in [-0.2, -0.15) is 0 Å². The van der Waals surface area contributed by atoms with Crippen LogP contribution in [-0.2, 0) is 14.3 Å². The molecule has 0 bridgehead atoms. The van der Waals surface area contributed by atoms with Crippen LogP contribution in [0.25, 0.3) is 0 Å². The molecule has 1 atom stereocenters. The number of hydrogen-bond donors (Lipinski definition) is 1. The lowest BCUT2D eigenvalue weighted by atomic mass is 10.0. The first-order valence-corrected chi connectivity index (χ1v) is 4.44. The fourth-order valence-electron chi connectivity index (χ4n) is 1.12. The highest BCUT2D eigenvalue weighted by atomic mass is 16.6. The molecule has 0 radical (unpaired) electrons. The molecule has 4 heteroatoms. The maximum atomic E-state index is 11.6. The van der Waals surface area contributed by atoms with Crippen molar-refractivity contribution in [1.82, 2.24) is 0 Å². The highest BCUT2D eigenvalue weighted by molar-refractivity contribution is 5.81. The number of carbonyl (C=O) groups excluding carboxylic acids is 1. The predicted molar refractivity (Wildman–Crippen MR) is 48.2 cm³/mol. The van der Waals surface area contributed by atoms with E-state index in [0.717, 1.165) is 0 Å². The van der Waals surface area contributed by atoms with E-state index >= 15 is 0 Å². The Balaban J connectivity index is 2.57. The lowest BCUT2D eigenvalue weighted by molar-refractivity contribution is -0.161. The summed E-state index contributed by atoms with van der Waals surface area (Å²) in [5.74, 6) is -0.363. The second kappa shape index (κ2) is 3.27. The van der Waals surface area contributed by atoms with Crippen LogP contribution in [0, 0.1) is 0 Å². The molecule has 1 rings (SSSR count). The van der Waals surface area contributed by atoms with Crippen molar-refractivity contribution in [3.05, 3.63) is 0 Å². The fourth-order valence-corrected chi connectivity index (χ4v) is 1.12. The molecule has 0 amide bonds. The van der Waals surface area contributed by atoms with Gasteiger partial charge in [0.05, 0.1) is 6.61 Å². The van der Waals surface area contributed by atoms with E-state index in [9.17, 15) is 4.79 Å². The van der Waals surface area contributed by atoms with Crippen molar-refractivity contribution < 1.29 is 14.3 Å². The number of esters is 1. The minimum atomic E-state index is -0.923. The minimum Gasteiger partial charge on any atom is -0.459 e. The van der Waals surface area contributed by atoms with Gasteiger partial charge in [0.25, 0.3) is 0 Å². The molecule has 0 aliphatic carbocycles. The third kappa shape index (κ3) is 2.67. The Hall–Kier alpha value is -0.610. The summed E-state index contributed by atoms with van der Waals surface area (Å²) in [5.41, 5.74) is 4.41. The number of hydrogen-bond acceptors (Lipinski definition) is 4. The zero-order valence-electron chi connectivity index (χ0n) is 8.42. The van der Waals surface area contributed by atoms with E-state index in [2.05, 4.69) is 0 Å². The Kier molecular flexibility index (Phi) is 2.63. The quantitative estimate of drug-likeness (QED) is 0.605. The molecule has 0 spiro atoms. The Morgan fingerprint density at radius 3 is 2.54 bits per heavy atom. The molecule has 0 aromatic heterocycles. The molecule has 4 nitrogen and oxygen atoms in total. The Labute approximate surface area is 78.4 Å². The van der Waals surface area contributed by atoms with Gasteiger partial charge in [-0.1, -0.05) is 0 Å². The van der Waals surface area contributed by atoms with Crippen LogP contribution in [0.5, 0.6) is 0 Å². The minimum absolute atomic E-state index is 0.266. The topological polar surface area (TPSA) is 61.5 Å². The van der Waals surface area contributed by atoms with E-state index in [4.69, 9.17) is 15.2 Å². The van der Waals surface area contributed by atoms with Gasteiger partial charge in [0.2, 0.25) is 0 Å². The number of nitrogens with two attached hydrogens (primary N) is 1. The maximum absolute atomic E-state index is 11.6. The zero-order valence-corrected chi connectivity index (χ0v) is 8.42. The fraction of sp³-hybridized carbons (Fsp3) is 0.889. The SMILES string of the molecule is CC(C)(C)OC(=O)[C@@]1(N)CCOC1. The number of rotatable bonds is 1. The van der Waals surface area contributed by atoms with Crippen LogP contribution in [-0.4, -0.2) is 30.3 Å². The summed E-state index contributed by atoms with van der Waals surface area (Å²) in [5, 5.41) is 0. The van der Waals surface area contributed by atoms with Crippen LogP contribution in [0.3, 0.4) is 0 Å². The van der Waals surface area contributed by atoms with Crippen LogP contribution in [0.4, 0.5) is 0 Å². The van der Waals surface area contributed by atoms with Crippen molar-refractivity contribution in [2.75, 3.05) is 13.2 Å². The molecule has 0 aromatic rings. The first-order valence-electron chi connectivity index (χ1n) is 4.44. The van der Waals surface area contributed by atoms with E-state index in [1.807, 2.05) is 20.8 Å². The first kappa shape index (κ1) is 10.5. The van der Waals surface area contributed by atoms with Gasteiger partial charge in [0.1, 0.15) is 11.1 Å². The predicted octanol–water partition coefficient (Wildman–Crippen LogP) is 0.446. The molecule has 2 N–H and O–H groups in total. The summed E-state index contributed by atoms with van der Waals surface area (Å²) in [7, 11) is 0. The molecule has 1 heterocycles. The number of ether oxygens (including phenoxy) is 2. The summed E-state index contributed by atoms with van der Waals surface area (Å²) in [6, 6.07) is 0. The Morgan fingerprint density at radius 2 is 2.15 bits per heavy atom. The van der Waals surface area contributed by atoms with Gasteiger partial charge in [-0.3, -0.25) is 0 Å². The van der Waals surface area contributed by atoms with E-state index in [-0.39, 0.29) is 12.6 Å². The van der Waals surface area contributed by atoms with Crippen LogP contribution in [0.15, 0.2) is 0 Å². The summed E-state index contributed by atoms with van der Waals surface area (Å²) < 4.78 is 10.3. The molecule has 1 saturated heterocycles. The largest absolute Gasteiger partial charge is 0.459 e. The van der Waals surface area contributed by atoms with E-state index in [0.29, 0.717) is 13.0 Å². The van der Waals surface area contributed by atoms with Crippen LogP contribution in [0.2, 0.25) is 0 Å². The van der Waals surface area contributed by atoms with Gasteiger partial charge < -0.3 is 15.2 Å². The van der Waals surface area contributed by atoms with Gasteiger partial charge in [-0.15, -0.1) is 0 Å². The van der Waals surface area contributed by atoms with Crippen molar-refractivity contribution in [1.29, 1.82) is 0 Å². The lowest BCUT2D eigenvalue weighted by Crippen LogP contribution is -2.51. The molecule has 0 unspecified atom stereocenters. The molecule has 1 fully saturated rings. The Bertz CT molecular complexity index is 201. The van der Waals surface area contributed by atoms with Crippen molar-refractivity contribution >= 4 is 5.97 Å². The van der Waals surface area contributed by atoms with Gasteiger partial charge in [-0.25, -0.2) is 4.79 Å². The van der Waals surface area contributed by atoms with Crippen molar-refractivity contribution in [2.45, 2.75) is 38.3 Å². The second-order valence-corrected chi connectivity index (χ2v) is 4.46. The molecule has 13 heavy (non-hydrogen) atoms. The van der Waals surface area contributed by atoms with Gasteiger partial charge in [0, 0.05) is 13.0 Å². The molecular weight excluding hydrogens is 170 g/mol. The zero-order chi connectivity index (χ0) is 10.1. The monoisotopic (exact) mass is 187 g/mol. The molecule has 0 aromatic carbocycles. The average Bonchev–Trinajstić information content (AvgIpc) is 2.33. The smallest absolute Gasteiger partial charge is 0.329 e. The van der Waals surface area contributed by atoms with Crippen molar-refractivity contribution in [3.63, 3.8) is 0 Å². The van der Waals surface area contributed by atoms with Gasteiger partial charge in [-0.05, 0) is 20.8 Å². The summed E-state index contributed by atoms with van der Waals surface area (Å²) in [6.45, 7) is 6.27. The van der Waals surface area contributed by atoms with Crippen LogP contribution >= 0.6 is 0 Å². The molecule has 0 saturated carbocycles. The summed E-state index contributed by atoms with van der Waals surface area (Å²) >= 11 is 0. The Morgan fingerprint density at radius 1 is 1.54 bits per heavy atom.